The van der Waals surface area contributed by atoms with Crippen molar-refractivity contribution in [3.05, 3.63) is 53.3 Å². The number of urea groups is 1. The number of primary amides is 1. The van der Waals surface area contributed by atoms with Gasteiger partial charge in [-0.2, -0.15) is 10.2 Å². The number of hydroxylamine groups is 2. The van der Waals surface area contributed by atoms with E-state index in [-0.39, 0.29) is 29.4 Å². The first-order valence-corrected chi connectivity index (χ1v) is 14.2. The van der Waals surface area contributed by atoms with Crippen LogP contribution in [0.25, 0.3) is 0 Å². The van der Waals surface area contributed by atoms with E-state index >= 15 is 0 Å². The number of carbonyl (C=O) groups excluding carboxylic acids is 2. The van der Waals surface area contributed by atoms with Gasteiger partial charge in [-0.15, -0.1) is 0 Å². The zero-order valence-electron chi connectivity index (χ0n) is 20.5. The van der Waals surface area contributed by atoms with Crippen molar-refractivity contribution < 1.29 is 19.0 Å². The molecule has 2 N–H and O–H groups in total. The van der Waals surface area contributed by atoms with Crippen LogP contribution in [0.5, 0.6) is 0 Å². The van der Waals surface area contributed by atoms with Crippen LogP contribution in [-0.2, 0) is 27.8 Å². The third kappa shape index (κ3) is 4.09. The van der Waals surface area contributed by atoms with E-state index in [1.165, 1.54) is 5.06 Å². The molecule has 2 aliphatic rings. The first kappa shape index (κ1) is 24.0. The number of nitrogens with zero attached hydrogens (tertiary/aromatic N) is 5. The second-order valence-electron chi connectivity index (χ2n) is 10.2. The summed E-state index contributed by atoms with van der Waals surface area (Å²) in [6.07, 6.45) is 1.70. The minimum absolute atomic E-state index is 0.0219. The molecule has 1 saturated heterocycles. The third-order valence-electron chi connectivity index (χ3n) is 6.93. The van der Waals surface area contributed by atoms with E-state index in [4.69, 9.17) is 15.1 Å². The molecular formula is C23H32N6O4Si. The quantitative estimate of drug-likeness (QED) is 0.368. The molecule has 182 valence electrons. The summed E-state index contributed by atoms with van der Waals surface area (Å²) in [5.74, 6) is -0.745. The fourth-order valence-corrected chi connectivity index (χ4v) is 4.51. The largest absolute Gasteiger partial charge is 0.454 e. The number of aromatic nitrogens is 2. The summed E-state index contributed by atoms with van der Waals surface area (Å²) < 4.78 is 7.64. The first-order valence-electron chi connectivity index (χ1n) is 11.3. The predicted molar refractivity (Wildman–Crippen MR) is 129 cm³/mol. The van der Waals surface area contributed by atoms with Crippen LogP contribution < -0.4 is 5.73 Å². The molecule has 2 atom stereocenters. The fourth-order valence-electron chi connectivity index (χ4n) is 3.91. The average Bonchev–Trinajstić information content (AvgIpc) is 3.27. The number of oxime groups is 1. The van der Waals surface area contributed by atoms with Gasteiger partial charge in [-0.25, -0.2) is 4.79 Å². The Morgan fingerprint density at radius 1 is 1.26 bits per heavy atom. The van der Waals surface area contributed by atoms with Gasteiger partial charge in [0.2, 0.25) is 0 Å². The highest BCUT2D eigenvalue weighted by atomic mass is 28.4. The molecule has 4 rings (SSSR count). The second kappa shape index (κ2) is 8.55. The van der Waals surface area contributed by atoms with Crippen molar-refractivity contribution in [3.8, 4) is 0 Å². The lowest BCUT2D eigenvalue weighted by Crippen LogP contribution is -2.45. The SMILES string of the molecule is Cn1ncc2c1[C@@H](/C(=N/O[Si](C)(C)C(C)(C)C)C(N)=O)N1C[C@@H]2N(OCc2ccccc2)C1=O. The maximum atomic E-state index is 13.4. The van der Waals surface area contributed by atoms with Crippen LogP contribution in [0, 0.1) is 0 Å². The number of benzene rings is 1. The van der Waals surface area contributed by atoms with Gasteiger partial charge in [0.05, 0.1) is 18.4 Å². The summed E-state index contributed by atoms with van der Waals surface area (Å²) in [7, 11) is -0.556. The molecule has 1 aromatic carbocycles. The topological polar surface area (TPSA) is 115 Å². The fraction of sp³-hybridized carbons (Fsp3) is 0.478. The highest BCUT2D eigenvalue weighted by molar-refractivity contribution is 6.74. The van der Waals surface area contributed by atoms with Gasteiger partial charge in [-0.1, -0.05) is 56.3 Å². The molecule has 11 heteroatoms. The van der Waals surface area contributed by atoms with Gasteiger partial charge >= 0.3 is 6.03 Å². The molecule has 0 aliphatic carbocycles. The van der Waals surface area contributed by atoms with E-state index in [9.17, 15) is 9.59 Å². The Balaban J connectivity index is 1.69. The van der Waals surface area contributed by atoms with Crippen LogP contribution in [0.15, 0.2) is 41.7 Å². The lowest BCUT2D eigenvalue weighted by Gasteiger charge is -2.35. The van der Waals surface area contributed by atoms with Crippen molar-refractivity contribution in [2.45, 2.75) is 57.6 Å². The third-order valence-corrected chi connectivity index (χ3v) is 11.1. The standard InChI is InChI=1S/C23H32N6O4Si/c1-23(2,3)34(5,6)33-26-18(21(24)30)20-19-16(12-25-27(19)4)17-13-28(20)22(31)29(17)32-14-15-10-8-7-9-11-15/h7-12,17,20H,13-14H2,1-6H3,(H2,24,30)/b26-18-/t17-,20+/m0/s1. The van der Waals surface area contributed by atoms with Gasteiger partial charge in [-0.05, 0) is 23.7 Å². The van der Waals surface area contributed by atoms with E-state index in [1.807, 2.05) is 43.4 Å². The number of carbonyl (C=O) groups is 2. The van der Waals surface area contributed by atoms with Gasteiger partial charge in [-0.3, -0.25) is 14.3 Å². The van der Waals surface area contributed by atoms with Crippen molar-refractivity contribution in [1.29, 1.82) is 0 Å². The predicted octanol–water partition coefficient (Wildman–Crippen LogP) is 3.25. The summed E-state index contributed by atoms with van der Waals surface area (Å²) in [6.45, 7) is 10.9. The number of nitrogens with two attached hydrogens (primary N) is 1. The van der Waals surface area contributed by atoms with E-state index < -0.39 is 20.3 Å². The molecule has 3 amide bonds. The summed E-state index contributed by atoms with van der Waals surface area (Å²) in [5, 5.41) is 9.91. The van der Waals surface area contributed by atoms with Crippen LogP contribution in [0.3, 0.4) is 0 Å². The Morgan fingerprint density at radius 2 is 1.94 bits per heavy atom. The molecule has 0 radical (unpaired) electrons. The molecule has 34 heavy (non-hydrogen) atoms. The summed E-state index contributed by atoms with van der Waals surface area (Å²) in [4.78, 5) is 33.5. The van der Waals surface area contributed by atoms with E-state index in [2.05, 4.69) is 31.0 Å². The maximum Gasteiger partial charge on any atom is 0.345 e. The van der Waals surface area contributed by atoms with Gasteiger partial charge in [0.1, 0.15) is 18.7 Å². The van der Waals surface area contributed by atoms with Crippen molar-refractivity contribution in [1.82, 2.24) is 19.7 Å². The summed E-state index contributed by atoms with van der Waals surface area (Å²) >= 11 is 0. The Bertz CT molecular complexity index is 1120. The molecule has 2 aliphatic heterocycles. The maximum absolute atomic E-state index is 13.4. The smallest absolute Gasteiger partial charge is 0.345 e. The lowest BCUT2D eigenvalue weighted by molar-refractivity contribution is -0.141. The Labute approximate surface area is 200 Å². The minimum atomic E-state index is -2.32. The van der Waals surface area contributed by atoms with Crippen molar-refractivity contribution in [3.63, 3.8) is 0 Å². The second-order valence-corrected chi connectivity index (χ2v) is 14.9. The highest BCUT2D eigenvalue weighted by Gasteiger charge is 2.53. The van der Waals surface area contributed by atoms with Crippen LogP contribution in [0.1, 0.15) is 49.7 Å². The van der Waals surface area contributed by atoms with Crippen LogP contribution in [0.2, 0.25) is 18.1 Å². The zero-order valence-corrected chi connectivity index (χ0v) is 21.5. The molecule has 2 aromatic rings. The average molecular weight is 485 g/mol. The summed E-state index contributed by atoms with van der Waals surface area (Å²) in [6, 6.07) is 8.09. The molecule has 2 bridgehead atoms. The number of amides is 3. The number of hydrogen-bond donors (Lipinski definition) is 1. The Morgan fingerprint density at radius 3 is 2.56 bits per heavy atom. The van der Waals surface area contributed by atoms with Crippen molar-refractivity contribution in [2.24, 2.45) is 17.9 Å². The number of aryl methyl sites for hydroxylation is 1. The first-order chi connectivity index (χ1) is 15.9. The van der Waals surface area contributed by atoms with E-state index in [0.717, 1.165) is 11.1 Å². The van der Waals surface area contributed by atoms with Gasteiger partial charge in [0.25, 0.3) is 14.2 Å². The van der Waals surface area contributed by atoms with Crippen LogP contribution in [0.4, 0.5) is 4.79 Å². The number of fused-ring (bicyclic) bond motifs is 4. The molecule has 0 spiro atoms. The minimum Gasteiger partial charge on any atom is -0.454 e. The van der Waals surface area contributed by atoms with E-state index in [1.54, 1.807) is 22.8 Å². The molecule has 0 unspecified atom stereocenters. The molecule has 3 heterocycles. The van der Waals surface area contributed by atoms with E-state index in [0.29, 0.717) is 12.2 Å². The molecule has 10 nitrogen and oxygen atoms in total. The Hall–Kier alpha value is -3.18. The van der Waals surface area contributed by atoms with Gasteiger partial charge in [0.15, 0.2) is 5.71 Å². The monoisotopic (exact) mass is 484 g/mol. The normalized spacial score (nSPS) is 20.5. The van der Waals surface area contributed by atoms with Gasteiger partial charge < -0.3 is 15.2 Å². The van der Waals surface area contributed by atoms with Gasteiger partial charge in [0, 0.05) is 12.6 Å². The number of rotatable bonds is 7. The number of hydrogen-bond acceptors (Lipinski definition) is 6. The highest BCUT2D eigenvalue weighted by Crippen LogP contribution is 2.45. The molecule has 1 aromatic heterocycles. The Kier molecular flexibility index (Phi) is 6.02. The molecular weight excluding hydrogens is 452 g/mol. The van der Waals surface area contributed by atoms with Crippen LogP contribution >= 0.6 is 0 Å². The zero-order chi connectivity index (χ0) is 24.8. The molecule has 1 fully saturated rings. The lowest BCUT2D eigenvalue weighted by atomic mass is 9.94. The van der Waals surface area contributed by atoms with Crippen molar-refractivity contribution >= 4 is 26.0 Å². The molecule has 0 saturated carbocycles. The van der Waals surface area contributed by atoms with Crippen molar-refractivity contribution in [2.75, 3.05) is 6.54 Å². The summed E-state index contributed by atoms with van der Waals surface area (Å²) in [5.41, 5.74) is 8.17. The van der Waals surface area contributed by atoms with Crippen LogP contribution in [-0.4, -0.2) is 52.3 Å².